The summed E-state index contributed by atoms with van der Waals surface area (Å²) in [4.78, 5) is 40.7. The third-order valence-electron chi connectivity index (χ3n) is 5.49. The molecule has 0 radical (unpaired) electrons. The maximum atomic E-state index is 14.2. The van der Waals surface area contributed by atoms with Crippen LogP contribution in [0.1, 0.15) is 51.1 Å². The minimum Gasteiger partial charge on any atom is -0.487 e. The van der Waals surface area contributed by atoms with Gasteiger partial charge in [0.15, 0.2) is 16.3 Å². The predicted octanol–water partition coefficient (Wildman–Crippen LogP) is 4.15. The quantitative estimate of drug-likeness (QED) is 0.320. The summed E-state index contributed by atoms with van der Waals surface area (Å²) in [7, 11) is 1.37. The molecule has 0 N–H and O–H groups in total. The van der Waals surface area contributed by atoms with Crippen molar-refractivity contribution in [2.24, 2.45) is 7.05 Å². The lowest BCUT2D eigenvalue weighted by Crippen LogP contribution is -2.33. The number of pyridine rings is 1. The molecule has 0 aliphatic rings. The molecule has 13 heteroatoms. The molecule has 0 amide bonds. The maximum absolute atomic E-state index is 14.2. The SMILES string of the molecule is CCCCOc1c(=O)c(-c2nnc(Cc3ccc(F)cc3F)s2)cn2c1c(=O)n(C)n2C(=O)OC(C)(C)C. The van der Waals surface area contributed by atoms with Gasteiger partial charge in [-0.25, -0.2) is 22.8 Å². The number of fused-ring (bicyclic) bond motifs is 1. The van der Waals surface area contributed by atoms with Crippen LogP contribution in [0.25, 0.3) is 16.1 Å². The van der Waals surface area contributed by atoms with Gasteiger partial charge in [-0.05, 0) is 38.8 Å². The van der Waals surface area contributed by atoms with Gasteiger partial charge >= 0.3 is 6.09 Å². The third kappa shape index (κ3) is 5.37. The molecule has 0 saturated heterocycles. The van der Waals surface area contributed by atoms with Gasteiger partial charge in [0, 0.05) is 25.7 Å². The Labute approximate surface area is 220 Å². The first-order valence-corrected chi connectivity index (χ1v) is 12.7. The summed E-state index contributed by atoms with van der Waals surface area (Å²) in [5.74, 6) is -1.64. The molecule has 0 unspecified atom stereocenters. The lowest BCUT2D eigenvalue weighted by Gasteiger charge is -2.20. The van der Waals surface area contributed by atoms with Gasteiger partial charge in [-0.15, -0.1) is 15.0 Å². The number of aromatic nitrogens is 5. The van der Waals surface area contributed by atoms with Gasteiger partial charge in [0.2, 0.25) is 5.43 Å². The number of nitrogens with zero attached hydrogens (tertiary/aromatic N) is 5. The summed E-state index contributed by atoms with van der Waals surface area (Å²) in [5, 5.41) is 8.70. The summed E-state index contributed by atoms with van der Waals surface area (Å²) in [6, 6.07) is 3.24. The van der Waals surface area contributed by atoms with Crippen molar-refractivity contribution in [2.45, 2.75) is 52.6 Å². The number of carbonyl (C=O) groups excluding carboxylic acids is 1. The van der Waals surface area contributed by atoms with Crippen molar-refractivity contribution < 1.29 is 23.0 Å². The lowest BCUT2D eigenvalue weighted by atomic mass is 10.1. The van der Waals surface area contributed by atoms with Crippen LogP contribution in [0.4, 0.5) is 13.6 Å². The molecule has 10 nitrogen and oxygen atoms in total. The number of ether oxygens (including phenoxy) is 2. The average molecular weight is 548 g/mol. The molecule has 0 spiro atoms. The Morgan fingerprint density at radius 1 is 1.16 bits per heavy atom. The van der Waals surface area contributed by atoms with Gasteiger partial charge in [0.05, 0.1) is 12.2 Å². The first-order chi connectivity index (χ1) is 17.9. The Morgan fingerprint density at radius 2 is 1.89 bits per heavy atom. The minimum absolute atomic E-state index is 0.0280. The first kappa shape index (κ1) is 27.2. The van der Waals surface area contributed by atoms with Crippen LogP contribution in [-0.4, -0.2) is 42.5 Å². The molecular weight excluding hydrogens is 520 g/mol. The summed E-state index contributed by atoms with van der Waals surface area (Å²) >= 11 is 1.03. The molecule has 0 aliphatic heterocycles. The van der Waals surface area contributed by atoms with E-state index in [9.17, 15) is 23.2 Å². The van der Waals surface area contributed by atoms with Crippen molar-refractivity contribution in [2.75, 3.05) is 6.61 Å². The molecule has 1 aromatic carbocycles. The molecule has 202 valence electrons. The van der Waals surface area contributed by atoms with Gasteiger partial charge in [0.25, 0.3) is 5.56 Å². The fourth-order valence-electron chi connectivity index (χ4n) is 3.69. The van der Waals surface area contributed by atoms with Crippen molar-refractivity contribution in [3.8, 4) is 16.3 Å². The zero-order chi connectivity index (χ0) is 27.8. The summed E-state index contributed by atoms with van der Waals surface area (Å²) in [5.41, 5.74) is -1.96. The van der Waals surface area contributed by atoms with E-state index in [4.69, 9.17) is 9.47 Å². The Hall–Kier alpha value is -3.87. The summed E-state index contributed by atoms with van der Waals surface area (Å²) < 4.78 is 40.9. The summed E-state index contributed by atoms with van der Waals surface area (Å²) in [6.45, 7) is 7.19. The summed E-state index contributed by atoms with van der Waals surface area (Å²) in [6.07, 6.45) is 1.92. The average Bonchev–Trinajstić information content (AvgIpc) is 3.38. The van der Waals surface area contributed by atoms with E-state index in [2.05, 4.69) is 10.2 Å². The highest BCUT2D eigenvalue weighted by atomic mass is 32.1. The zero-order valence-electron chi connectivity index (χ0n) is 21.6. The third-order valence-corrected chi connectivity index (χ3v) is 6.44. The fourth-order valence-corrected chi connectivity index (χ4v) is 4.56. The van der Waals surface area contributed by atoms with Gasteiger partial charge < -0.3 is 9.47 Å². The number of benzene rings is 1. The van der Waals surface area contributed by atoms with Crippen LogP contribution in [0, 0.1) is 11.6 Å². The highest BCUT2D eigenvalue weighted by Gasteiger charge is 2.28. The van der Waals surface area contributed by atoms with Gasteiger partial charge in [0.1, 0.15) is 22.2 Å². The van der Waals surface area contributed by atoms with Gasteiger partial charge in [-0.2, -0.15) is 0 Å². The maximum Gasteiger partial charge on any atom is 0.449 e. The Kier molecular flexibility index (Phi) is 7.49. The number of carbonyl (C=O) groups is 1. The number of unbranched alkanes of at least 4 members (excludes halogenated alkanes) is 1. The number of hydrogen-bond acceptors (Lipinski definition) is 8. The monoisotopic (exact) mass is 547 g/mol. The number of hydrogen-bond donors (Lipinski definition) is 0. The van der Waals surface area contributed by atoms with E-state index in [0.29, 0.717) is 11.4 Å². The van der Waals surface area contributed by atoms with Gasteiger partial charge in [-0.3, -0.25) is 9.59 Å². The van der Waals surface area contributed by atoms with Gasteiger partial charge in [-0.1, -0.05) is 30.7 Å². The largest absolute Gasteiger partial charge is 0.487 e. The molecule has 0 saturated carbocycles. The van der Waals surface area contributed by atoms with Crippen LogP contribution < -0.4 is 15.7 Å². The highest BCUT2D eigenvalue weighted by Crippen LogP contribution is 2.26. The van der Waals surface area contributed by atoms with Crippen molar-refractivity contribution >= 4 is 22.9 Å². The van der Waals surface area contributed by atoms with Crippen molar-refractivity contribution in [3.63, 3.8) is 0 Å². The molecule has 0 bridgehead atoms. The fraction of sp³-hybridized carbons (Fsp3) is 0.400. The van der Waals surface area contributed by atoms with Crippen LogP contribution in [0.3, 0.4) is 0 Å². The predicted molar refractivity (Wildman–Crippen MR) is 137 cm³/mol. The molecule has 0 fully saturated rings. The van der Waals surface area contributed by atoms with E-state index in [-0.39, 0.29) is 40.4 Å². The molecule has 3 aromatic heterocycles. The second-order valence-electron chi connectivity index (χ2n) is 9.61. The van der Waals surface area contributed by atoms with Crippen LogP contribution in [0.15, 0.2) is 34.0 Å². The van der Waals surface area contributed by atoms with E-state index >= 15 is 0 Å². The van der Waals surface area contributed by atoms with Crippen molar-refractivity contribution in [1.82, 2.24) is 24.2 Å². The smallest absolute Gasteiger partial charge is 0.449 e. The molecular formula is C25H27F2N5O5S. The molecule has 4 rings (SSSR count). The van der Waals surface area contributed by atoms with E-state index in [1.807, 2.05) is 6.92 Å². The van der Waals surface area contributed by atoms with E-state index in [1.165, 1.54) is 23.8 Å². The molecule has 3 heterocycles. The van der Waals surface area contributed by atoms with E-state index in [0.717, 1.165) is 39.4 Å². The normalized spacial score (nSPS) is 11.8. The lowest BCUT2D eigenvalue weighted by molar-refractivity contribution is 0.0455. The Morgan fingerprint density at radius 3 is 2.55 bits per heavy atom. The van der Waals surface area contributed by atoms with Crippen LogP contribution in [0.5, 0.6) is 5.75 Å². The Bertz CT molecular complexity index is 1630. The van der Waals surface area contributed by atoms with Crippen LogP contribution in [0.2, 0.25) is 0 Å². The van der Waals surface area contributed by atoms with Crippen molar-refractivity contribution in [3.05, 3.63) is 67.2 Å². The van der Waals surface area contributed by atoms with E-state index < -0.39 is 34.3 Å². The molecule has 0 aliphatic carbocycles. The highest BCUT2D eigenvalue weighted by molar-refractivity contribution is 7.14. The van der Waals surface area contributed by atoms with Crippen LogP contribution >= 0.6 is 11.3 Å². The first-order valence-electron chi connectivity index (χ1n) is 11.9. The minimum atomic E-state index is -0.851. The van der Waals surface area contributed by atoms with E-state index in [1.54, 1.807) is 20.8 Å². The second-order valence-corrected chi connectivity index (χ2v) is 10.7. The zero-order valence-corrected chi connectivity index (χ0v) is 22.4. The molecule has 38 heavy (non-hydrogen) atoms. The Balaban J connectivity index is 1.87. The molecule has 0 atom stereocenters. The standard InChI is InChI=1S/C25H27F2N5O5S/c1-6-7-10-36-21-19-23(34)30(5)32(24(35)37-25(2,3)4)31(19)13-16(20(21)33)22-29-28-18(38-22)11-14-8-9-15(26)12-17(14)27/h8-9,12-13H,6-7,10-11H2,1-5H3. The topological polar surface area (TPSA) is 110 Å². The van der Waals surface area contributed by atoms with Crippen molar-refractivity contribution in [1.29, 1.82) is 0 Å². The second kappa shape index (κ2) is 10.5. The van der Waals surface area contributed by atoms with Crippen LogP contribution in [-0.2, 0) is 18.2 Å². The number of halogens is 2. The number of rotatable bonds is 7. The molecule has 4 aromatic rings.